The highest BCUT2D eigenvalue weighted by Gasteiger charge is 2.35. The summed E-state index contributed by atoms with van der Waals surface area (Å²) in [5, 5.41) is 6.21. The molecule has 0 spiro atoms. The summed E-state index contributed by atoms with van der Waals surface area (Å²) in [5.41, 5.74) is 3.77. The molecule has 1 aromatic heterocycles. The van der Waals surface area contributed by atoms with Crippen molar-refractivity contribution in [3.63, 3.8) is 0 Å². The van der Waals surface area contributed by atoms with Gasteiger partial charge in [0.1, 0.15) is 18.1 Å². The van der Waals surface area contributed by atoms with E-state index in [9.17, 15) is 18.8 Å². The van der Waals surface area contributed by atoms with Gasteiger partial charge in [-0.05, 0) is 36.3 Å². The molecule has 7 nitrogen and oxygen atoms in total. The van der Waals surface area contributed by atoms with Crippen LogP contribution in [0.4, 0.5) is 14.9 Å². The third-order valence-electron chi connectivity index (χ3n) is 6.35. The normalized spacial score (nSPS) is 14.4. The minimum atomic E-state index is -0.662. The number of hydrogen-bond donors (Lipinski definition) is 2. The third-order valence-corrected chi connectivity index (χ3v) is 6.35. The summed E-state index contributed by atoms with van der Waals surface area (Å²) in [6.07, 6.45) is 4.14. The first kappa shape index (κ1) is 24.0. The second kappa shape index (κ2) is 10.1. The summed E-state index contributed by atoms with van der Waals surface area (Å²) in [6.45, 7) is 1.88. The molecule has 3 aromatic carbocycles. The Morgan fingerprint density at radius 3 is 2.46 bits per heavy atom. The molecule has 2 heterocycles. The fourth-order valence-corrected chi connectivity index (χ4v) is 4.49. The molecule has 186 valence electrons. The molecule has 1 saturated heterocycles. The van der Waals surface area contributed by atoms with E-state index in [-0.39, 0.29) is 11.5 Å². The van der Waals surface area contributed by atoms with Crippen LogP contribution in [0.3, 0.4) is 0 Å². The van der Waals surface area contributed by atoms with Gasteiger partial charge in [0.2, 0.25) is 5.91 Å². The molecule has 0 atom stereocenters. The van der Waals surface area contributed by atoms with Gasteiger partial charge in [-0.2, -0.15) is 0 Å². The summed E-state index contributed by atoms with van der Waals surface area (Å²) in [6, 6.07) is 20.9. The second-order valence-electron chi connectivity index (χ2n) is 8.76. The standard InChI is InChI=1S/C29H25FN4O3/c1-2-19-9-4-7-13-24(19)31-27(35)18-34-28(36)25(32-29(34)37)15-21-17-33(26-14-8-5-11-22(21)26)16-20-10-3-6-12-23(20)30/h3-15,17H,2,16,18H2,1H3,(H,31,35)(H,32,37)/b25-15+. The Bertz CT molecular complexity index is 1560. The van der Waals surface area contributed by atoms with Crippen molar-refractivity contribution in [2.24, 2.45) is 0 Å². The first-order valence-corrected chi connectivity index (χ1v) is 12.0. The molecule has 4 aromatic rings. The van der Waals surface area contributed by atoms with Crippen molar-refractivity contribution in [3.8, 4) is 0 Å². The number of amides is 4. The van der Waals surface area contributed by atoms with E-state index < -0.39 is 24.4 Å². The smallest absolute Gasteiger partial charge is 0.329 e. The number of nitrogens with one attached hydrogen (secondary N) is 2. The quantitative estimate of drug-likeness (QED) is 0.281. The molecule has 0 aliphatic carbocycles. The summed E-state index contributed by atoms with van der Waals surface area (Å²) in [5.74, 6) is -1.35. The first-order valence-electron chi connectivity index (χ1n) is 12.0. The highest BCUT2D eigenvalue weighted by Crippen LogP contribution is 2.26. The van der Waals surface area contributed by atoms with E-state index in [1.165, 1.54) is 6.07 Å². The molecule has 2 N–H and O–H groups in total. The Morgan fingerprint density at radius 1 is 0.973 bits per heavy atom. The third kappa shape index (κ3) is 4.86. The number of aromatic nitrogens is 1. The van der Waals surface area contributed by atoms with Gasteiger partial charge in [0.25, 0.3) is 5.91 Å². The fourth-order valence-electron chi connectivity index (χ4n) is 4.49. The van der Waals surface area contributed by atoms with Crippen LogP contribution in [0, 0.1) is 5.82 Å². The van der Waals surface area contributed by atoms with Crippen LogP contribution in [-0.2, 0) is 22.6 Å². The van der Waals surface area contributed by atoms with Crippen LogP contribution in [0.5, 0.6) is 0 Å². The largest absolute Gasteiger partial charge is 0.342 e. The highest BCUT2D eigenvalue weighted by molar-refractivity contribution is 6.16. The van der Waals surface area contributed by atoms with Gasteiger partial charge >= 0.3 is 6.03 Å². The van der Waals surface area contributed by atoms with Gasteiger partial charge in [0.05, 0.1) is 6.54 Å². The Hall–Kier alpha value is -4.72. The summed E-state index contributed by atoms with van der Waals surface area (Å²) in [4.78, 5) is 39.1. The number of aryl methyl sites for hydroxylation is 1. The van der Waals surface area contributed by atoms with Crippen LogP contribution < -0.4 is 10.6 Å². The zero-order valence-corrected chi connectivity index (χ0v) is 20.2. The summed E-state index contributed by atoms with van der Waals surface area (Å²) < 4.78 is 16.2. The molecule has 4 amide bonds. The van der Waals surface area contributed by atoms with E-state index in [2.05, 4.69) is 10.6 Å². The van der Waals surface area contributed by atoms with E-state index in [1.54, 1.807) is 30.3 Å². The lowest BCUT2D eigenvalue weighted by Gasteiger charge is -2.13. The van der Waals surface area contributed by atoms with Gasteiger partial charge in [-0.3, -0.25) is 9.59 Å². The maximum atomic E-state index is 14.3. The SMILES string of the molecule is CCc1ccccc1NC(=O)CN1C(=O)N/C(=C/c2cn(Cc3ccccc3F)c3ccccc23)C1=O. The first-order chi connectivity index (χ1) is 17.9. The van der Waals surface area contributed by atoms with Gasteiger partial charge in [0, 0.05) is 33.9 Å². The second-order valence-corrected chi connectivity index (χ2v) is 8.76. The number of carbonyl (C=O) groups is 3. The van der Waals surface area contributed by atoms with Crippen molar-refractivity contribution in [1.82, 2.24) is 14.8 Å². The number of fused-ring (bicyclic) bond motifs is 1. The monoisotopic (exact) mass is 496 g/mol. The number of rotatable bonds is 7. The Balaban J connectivity index is 1.38. The van der Waals surface area contributed by atoms with Gasteiger partial charge in [0.15, 0.2) is 0 Å². The lowest BCUT2D eigenvalue weighted by atomic mass is 10.1. The van der Waals surface area contributed by atoms with Crippen LogP contribution in [0.2, 0.25) is 0 Å². The van der Waals surface area contributed by atoms with Gasteiger partial charge in [-0.25, -0.2) is 14.1 Å². The maximum Gasteiger partial charge on any atom is 0.329 e. The molecular weight excluding hydrogens is 471 g/mol. The predicted octanol–water partition coefficient (Wildman–Crippen LogP) is 4.92. The Labute approximate surface area is 213 Å². The molecule has 5 rings (SSSR count). The lowest BCUT2D eigenvalue weighted by Crippen LogP contribution is -2.38. The molecule has 1 aliphatic rings. The van der Waals surface area contributed by atoms with Crippen molar-refractivity contribution >= 4 is 40.5 Å². The molecular formula is C29H25FN4O3. The van der Waals surface area contributed by atoms with Gasteiger partial charge in [-0.1, -0.05) is 61.5 Å². The van der Waals surface area contributed by atoms with Gasteiger partial charge < -0.3 is 15.2 Å². The van der Waals surface area contributed by atoms with Crippen LogP contribution in [-0.4, -0.2) is 33.9 Å². The zero-order chi connectivity index (χ0) is 25.9. The highest BCUT2D eigenvalue weighted by atomic mass is 19.1. The van der Waals surface area contributed by atoms with Crippen LogP contribution >= 0.6 is 0 Å². The van der Waals surface area contributed by atoms with Crippen molar-refractivity contribution in [3.05, 3.63) is 107 Å². The number of anilines is 1. The minimum Gasteiger partial charge on any atom is -0.342 e. The molecule has 0 radical (unpaired) electrons. The topological polar surface area (TPSA) is 83.4 Å². The summed E-state index contributed by atoms with van der Waals surface area (Å²) >= 11 is 0. The molecule has 1 fully saturated rings. The van der Waals surface area contributed by atoms with E-state index >= 15 is 0 Å². The van der Waals surface area contributed by atoms with Crippen LogP contribution in [0.15, 0.2) is 84.7 Å². The van der Waals surface area contributed by atoms with E-state index in [0.717, 1.165) is 27.8 Å². The number of para-hydroxylation sites is 2. The number of urea groups is 1. The van der Waals surface area contributed by atoms with Crippen LogP contribution in [0.25, 0.3) is 17.0 Å². The van der Waals surface area contributed by atoms with Crippen molar-refractivity contribution in [2.45, 2.75) is 19.9 Å². The molecule has 0 bridgehead atoms. The number of nitrogens with zero attached hydrogens (tertiary/aromatic N) is 2. The van der Waals surface area contributed by atoms with Gasteiger partial charge in [-0.15, -0.1) is 0 Å². The number of imide groups is 1. The number of benzene rings is 3. The predicted molar refractivity (Wildman–Crippen MR) is 140 cm³/mol. The maximum absolute atomic E-state index is 14.3. The van der Waals surface area contributed by atoms with Crippen molar-refractivity contribution < 1.29 is 18.8 Å². The zero-order valence-electron chi connectivity index (χ0n) is 20.2. The molecule has 0 unspecified atom stereocenters. The van der Waals surface area contributed by atoms with Crippen LogP contribution in [0.1, 0.15) is 23.6 Å². The molecule has 8 heteroatoms. The lowest BCUT2D eigenvalue weighted by molar-refractivity contribution is -0.127. The average molecular weight is 497 g/mol. The molecule has 0 saturated carbocycles. The van der Waals surface area contributed by atoms with Crippen molar-refractivity contribution in [1.29, 1.82) is 0 Å². The van der Waals surface area contributed by atoms with E-state index in [4.69, 9.17) is 0 Å². The van der Waals surface area contributed by atoms with E-state index in [0.29, 0.717) is 23.4 Å². The average Bonchev–Trinajstić information content (AvgIpc) is 3.37. The Morgan fingerprint density at radius 2 is 1.68 bits per heavy atom. The minimum absolute atomic E-state index is 0.0700. The number of carbonyl (C=O) groups excluding carboxylic acids is 3. The molecule has 37 heavy (non-hydrogen) atoms. The molecule has 1 aliphatic heterocycles. The number of hydrogen-bond acceptors (Lipinski definition) is 3. The Kier molecular flexibility index (Phi) is 6.55. The summed E-state index contributed by atoms with van der Waals surface area (Å²) in [7, 11) is 0. The fraction of sp³-hybridized carbons (Fsp3) is 0.138. The van der Waals surface area contributed by atoms with Crippen molar-refractivity contribution in [2.75, 3.05) is 11.9 Å². The van der Waals surface area contributed by atoms with E-state index in [1.807, 2.05) is 60.2 Å². The number of halogens is 1.